The summed E-state index contributed by atoms with van der Waals surface area (Å²) in [5.41, 5.74) is 2.56. The Morgan fingerprint density at radius 2 is 1.94 bits per heavy atom. The minimum atomic E-state index is -0.337. The van der Waals surface area contributed by atoms with Gasteiger partial charge in [0.1, 0.15) is 11.6 Å². The highest BCUT2D eigenvalue weighted by Gasteiger charge is 2.31. The maximum atomic E-state index is 13.6. The van der Waals surface area contributed by atoms with Crippen LogP contribution in [0.2, 0.25) is 0 Å². The van der Waals surface area contributed by atoms with Gasteiger partial charge >= 0.3 is 0 Å². The van der Waals surface area contributed by atoms with Crippen molar-refractivity contribution in [2.75, 3.05) is 25.5 Å². The first-order chi connectivity index (χ1) is 16.7. The minimum Gasteiger partial charge on any atom is -0.508 e. The number of carbonyl (C=O) groups is 1. The highest BCUT2D eigenvalue weighted by Crippen LogP contribution is 2.36. The quantitative estimate of drug-likeness (QED) is 0.580. The molecule has 1 aromatic carbocycles. The number of rotatable bonds is 6. The standard InChI is InChI=1S/C26H30FN5O3/c1-17-14-20(33)15-24(35)31(17)13-11-23(34)32-12-5-4-6-22(32)25-21(16-28-26(29-25)30(2)3)18-7-9-19(27)10-8-18/h7-10,14-16,22,33H,4-6,11-13H2,1-3H3/t22-/m1/s1. The molecular formula is C26H30FN5O3. The average Bonchev–Trinajstić information content (AvgIpc) is 2.83. The van der Waals surface area contributed by atoms with Crippen LogP contribution >= 0.6 is 0 Å². The van der Waals surface area contributed by atoms with E-state index in [0.717, 1.165) is 42.1 Å². The van der Waals surface area contributed by atoms with Crippen LogP contribution in [0.4, 0.5) is 10.3 Å². The molecule has 35 heavy (non-hydrogen) atoms. The van der Waals surface area contributed by atoms with Crippen molar-refractivity contribution >= 4 is 11.9 Å². The number of pyridine rings is 1. The molecule has 184 valence electrons. The van der Waals surface area contributed by atoms with Gasteiger partial charge in [0, 0.05) is 57.1 Å². The molecule has 1 aliphatic rings. The van der Waals surface area contributed by atoms with Crippen molar-refractivity contribution in [2.45, 2.75) is 45.2 Å². The van der Waals surface area contributed by atoms with Gasteiger partial charge < -0.3 is 19.5 Å². The summed E-state index contributed by atoms with van der Waals surface area (Å²) in [5, 5.41) is 9.63. The van der Waals surface area contributed by atoms with Crippen molar-refractivity contribution in [3.8, 4) is 16.9 Å². The van der Waals surface area contributed by atoms with E-state index in [1.807, 2.05) is 23.9 Å². The van der Waals surface area contributed by atoms with Crippen molar-refractivity contribution in [3.63, 3.8) is 0 Å². The van der Waals surface area contributed by atoms with Crippen LogP contribution in [0.15, 0.2) is 47.4 Å². The molecule has 8 nitrogen and oxygen atoms in total. The predicted octanol–water partition coefficient (Wildman–Crippen LogP) is 3.67. The van der Waals surface area contributed by atoms with E-state index in [4.69, 9.17) is 4.98 Å². The van der Waals surface area contributed by atoms with Crippen molar-refractivity contribution in [1.29, 1.82) is 0 Å². The number of amides is 1. The summed E-state index contributed by atoms with van der Waals surface area (Å²) in [4.78, 5) is 38.7. The highest BCUT2D eigenvalue weighted by molar-refractivity contribution is 5.77. The summed E-state index contributed by atoms with van der Waals surface area (Å²) in [7, 11) is 3.72. The van der Waals surface area contributed by atoms with E-state index in [1.54, 1.807) is 25.3 Å². The lowest BCUT2D eigenvalue weighted by molar-refractivity contribution is -0.135. The zero-order valence-corrected chi connectivity index (χ0v) is 20.2. The zero-order chi connectivity index (χ0) is 25.1. The average molecular weight is 480 g/mol. The Bertz CT molecular complexity index is 1270. The first kappa shape index (κ1) is 24.4. The number of anilines is 1. The summed E-state index contributed by atoms with van der Waals surface area (Å²) in [6, 6.07) is 8.61. The second-order valence-electron chi connectivity index (χ2n) is 9.06. The number of aromatic hydroxyl groups is 1. The van der Waals surface area contributed by atoms with Crippen LogP contribution in [-0.4, -0.2) is 51.1 Å². The molecule has 1 saturated heterocycles. The molecule has 1 N–H and O–H groups in total. The van der Waals surface area contributed by atoms with Gasteiger partial charge in [-0.2, -0.15) is 0 Å². The minimum absolute atomic E-state index is 0.0656. The Balaban J connectivity index is 1.66. The molecule has 1 fully saturated rings. The number of halogens is 1. The lowest BCUT2D eigenvalue weighted by Gasteiger charge is -2.36. The Morgan fingerprint density at radius 3 is 2.63 bits per heavy atom. The molecule has 9 heteroatoms. The van der Waals surface area contributed by atoms with Crippen LogP contribution in [0.1, 0.15) is 43.1 Å². The molecule has 0 aliphatic carbocycles. The van der Waals surface area contributed by atoms with Crippen molar-refractivity contribution in [2.24, 2.45) is 0 Å². The number of nitrogens with zero attached hydrogens (tertiary/aromatic N) is 5. The summed E-state index contributed by atoms with van der Waals surface area (Å²) in [6.45, 7) is 2.55. The Kier molecular flexibility index (Phi) is 7.14. The topological polar surface area (TPSA) is 91.6 Å². The molecule has 1 amide bonds. The van der Waals surface area contributed by atoms with Gasteiger partial charge in [-0.1, -0.05) is 12.1 Å². The summed E-state index contributed by atoms with van der Waals surface area (Å²) < 4.78 is 15.1. The van der Waals surface area contributed by atoms with Crippen LogP contribution in [0, 0.1) is 12.7 Å². The molecular weight excluding hydrogens is 449 g/mol. The number of hydrogen-bond donors (Lipinski definition) is 1. The SMILES string of the molecule is Cc1cc(O)cc(=O)n1CCC(=O)N1CCCC[C@@H]1c1nc(N(C)C)ncc1-c1ccc(F)cc1. The third-order valence-corrected chi connectivity index (χ3v) is 6.37. The number of likely N-dealkylation sites (tertiary alicyclic amines) is 1. The van der Waals surface area contributed by atoms with Gasteiger partial charge in [-0.3, -0.25) is 9.59 Å². The van der Waals surface area contributed by atoms with Gasteiger partial charge in [-0.25, -0.2) is 14.4 Å². The Morgan fingerprint density at radius 1 is 1.20 bits per heavy atom. The van der Waals surface area contributed by atoms with Crippen molar-refractivity contribution in [1.82, 2.24) is 19.4 Å². The van der Waals surface area contributed by atoms with Gasteiger partial charge in [0.25, 0.3) is 5.56 Å². The maximum absolute atomic E-state index is 13.6. The highest BCUT2D eigenvalue weighted by atomic mass is 19.1. The lowest BCUT2D eigenvalue weighted by atomic mass is 9.93. The molecule has 1 aliphatic heterocycles. The van der Waals surface area contributed by atoms with Crippen molar-refractivity contribution in [3.05, 3.63) is 70.2 Å². The molecule has 0 unspecified atom stereocenters. The molecule has 1 atom stereocenters. The van der Waals surface area contributed by atoms with E-state index in [9.17, 15) is 19.1 Å². The molecule has 3 aromatic rings. The number of hydrogen-bond acceptors (Lipinski definition) is 6. The molecule has 0 saturated carbocycles. The van der Waals surface area contributed by atoms with Crippen LogP contribution < -0.4 is 10.5 Å². The fourth-order valence-corrected chi connectivity index (χ4v) is 4.57. The van der Waals surface area contributed by atoms with Gasteiger partial charge in [0.05, 0.1) is 11.7 Å². The molecule has 0 bridgehead atoms. The van der Waals surface area contributed by atoms with Crippen LogP contribution in [0.25, 0.3) is 11.1 Å². The van der Waals surface area contributed by atoms with E-state index < -0.39 is 0 Å². The largest absolute Gasteiger partial charge is 0.508 e. The molecule has 2 aromatic heterocycles. The number of piperidine rings is 1. The van der Waals surface area contributed by atoms with E-state index in [-0.39, 0.29) is 42.0 Å². The number of aromatic nitrogens is 3. The number of benzene rings is 1. The summed E-state index contributed by atoms with van der Waals surface area (Å²) in [5.74, 6) is 0.0644. The van der Waals surface area contributed by atoms with E-state index >= 15 is 0 Å². The normalized spacial score (nSPS) is 15.8. The summed E-state index contributed by atoms with van der Waals surface area (Å²) >= 11 is 0. The second kappa shape index (κ2) is 10.2. The van der Waals surface area contributed by atoms with Crippen LogP contribution in [0.5, 0.6) is 5.75 Å². The smallest absolute Gasteiger partial charge is 0.254 e. The molecule has 0 radical (unpaired) electrons. The zero-order valence-electron chi connectivity index (χ0n) is 20.2. The number of carbonyl (C=O) groups excluding carboxylic acids is 1. The van der Waals surface area contributed by atoms with Crippen molar-refractivity contribution < 1.29 is 14.3 Å². The molecule has 3 heterocycles. The number of aryl methyl sites for hydroxylation is 1. The third-order valence-electron chi connectivity index (χ3n) is 6.37. The Labute approximate surface area is 203 Å². The Hall–Kier alpha value is -3.75. The predicted molar refractivity (Wildman–Crippen MR) is 132 cm³/mol. The molecule has 0 spiro atoms. The van der Waals surface area contributed by atoms with E-state index in [2.05, 4.69) is 4.98 Å². The van der Waals surface area contributed by atoms with E-state index in [0.29, 0.717) is 18.2 Å². The van der Waals surface area contributed by atoms with Crippen LogP contribution in [-0.2, 0) is 11.3 Å². The van der Waals surface area contributed by atoms with Crippen LogP contribution in [0.3, 0.4) is 0 Å². The fourth-order valence-electron chi connectivity index (χ4n) is 4.57. The maximum Gasteiger partial charge on any atom is 0.254 e. The first-order valence-electron chi connectivity index (χ1n) is 11.7. The second-order valence-corrected chi connectivity index (χ2v) is 9.06. The van der Waals surface area contributed by atoms with Gasteiger partial charge in [0.15, 0.2) is 0 Å². The fraction of sp³-hybridized carbons (Fsp3) is 0.385. The lowest BCUT2D eigenvalue weighted by Crippen LogP contribution is -2.40. The monoisotopic (exact) mass is 479 g/mol. The third kappa shape index (κ3) is 5.34. The van der Waals surface area contributed by atoms with E-state index in [1.165, 1.54) is 22.8 Å². The summed E-state index contributed by atoms with van der Waals surface area (Å²) in [6.07, 6.45) is 4.48. The molecule has 4 rings (SSSR count). The first-order valence-corrected chi connectivity index (χ1v) is 11.7. The van der Waals surface area contributed by atoms with Gasteiger partial charge in [-0.15, -0.1) is 0 Å². The van der Waals surface area contributed by atoms with Gasteiger partial charge in [0.2, 0.25) is 11.9 Å². The van der Waals surface area contributed by atoms with Gasteiger partial charge in [-0.05, 0) is 49.9 Å².